The SMILES string of the molecule is Cc1ccc(Cl)c(C2CC(=O)C=C(N)C2)c1. The molecule has 0 amide bonds. The molecular weight excluding hydrogens is 222 g/mol. The molecule has 1 atom stereocenters. The van der Waals surface area contributed by atoms with E-state index in [0.29, 0.717) is 12.1 Å². The third-order valence-corrected chi connectivity index (χ3v) is 3.21. The molecule has 0 bridgehead atoms. The number of carbonyl (C=O) groups excluding carboxylic acids is 1. The van der Waals surface area contributed by atoms with Gasteiger partial charge in [0.25, 0.3) is 0 Å². The molecule has 3 heteroatoms. The van der Waals surface area contributed by atoms with Crippen molar-refractivity contribution in [3.63, 3.8) is 0 Å². The number of hydrogen-bond acceptors (Lipinski definition) is 2. The van der Waals surface area contributed by atoms with Gasteiger partial charge in [0.15, 0.2) is 5.78 Å². The van der Waals surface area contributed by atoms with Gasteiger partial charge in [-0.3, -0.25) is 4.79 Å². The van der Waals surface area contributed by atoms with E-state index in [1.165, 1.54) is 6.08 Å². The van der Waals surface area contributed by atoms with Gasteiger partial charge in [-0.05, 0) is 37.0 Å². The Kier molecular flexibility index (Phi) is 3.01. The minimum Gasteiger partial charge on any atom is -0.402 e. The quantitative estimate of drug-likeness (QED) is 0.813. The van der Waals surface area contributed by atoms with Crippen molar-refractivity contribution in [2.24, 2.45) is 5.73 Å². The van der Waals surface area contributed by atoms with Crippen LogP contribution < -0.4 is 5.73 Å². The highest BCUT2D eigenvalue weighted by Crippen LogP contribution is 2.34. The van der Waals surface area contributed by atoms with Gasteiger partial charge in [-0.2, -0.15) is 0 Å². The predicted molar refractivity (Wildman–Crippen MR) is 65.4 cm³/mol. The molecule has 2 N–H and O–H groups in total. The van der Waals surface area contributed by atoms with Crippen molar-refractivity contribution < 1.29 is 4.79 Å². The highest BCUT2D eigenvalue weighted by Gasteiger charge is 2.22. The molecule has 0 spiro atoms. The van der Waals surface area contributed by atoms with Crippen molar-refractivity contribution in [2.75, 3.05) is 0 Å². The first-order chi connectivity index (χ1) is 7.56. The van der Waals surface area contributed by atoms with Gasteiger partial charge >= 0.3 is 0 Å². The third kappa shape index (κ3) is 2.27. The van der Waals surface area contributed by atoms with Crippen molar-refractivity contribution in [3.8, 4) is 0 Å². The second kappa shape index (κ2) is 4.30. The number of hydrogen-bond donors (Lipinski definition) is 1. The fourth-order valence-electron chi connectivity index (χ4n) is 2.12. The van der Waals surface area contributed by atoms with E-state index >= 15 is 0 Å². The van der Waals surface area contributed by atoms with Crippen LogP contribution in [0.1, 0.15) is 29.9 Å². The van der Waals surface area contributed by atoms with Gasteiger partial charge in [0.1, 0.15) is 0 Å². The van der Waals surface area contributed by atoms with Crippen molar-refractivity contribution in [2.45, 2.75) is 25.7 Å². The van der Waals surface area contributed by atoms with Crippen LogP contribution in [-0.2, 0) is 4.79 Å². The summed E-state index contributed by atoms with van der Waals surface area (Å²) in [5.74, 6) is 0.219. The molecule has 0 heterocycles. The van der Waals surface area contributed by atoms with Crippen LogP contribution in [0.15, 0.2) is 30.0 Å². The summed E-state index contributed by atoms with van der Waals surface area (Å²) in [5.41, 5.74) is 8.58. The lowest BCUT2D eigenvalue weighted by molar-refractivity contribution is -0.115. The number of ketones is 1. The standard InChI is InChI=1S/C13H14ClNO/c1-8-2-3-13(14)12(4-8)9-5-10(15)7-11(16)6-9/h2-4,7,9H,5-6,15H2,1H3. The zero-order chi connectivity index (χ0) is 11.7. The van der Waals surface area contributed by atoms with E-state index in [1.807, 2.05) is 25.1 Å². The maximum atomic E-state index is 11.5. The average Bonchev–Trinajstić information content (AvgIpc) is 2.20. The Bertz CT molecular complexity index is 465. The largest absolute Gasteiger partial charge is 0.402 e. The van der Waals surface area contributed by atoms with E-state index < -0.39 is 0 Å². The van der Waals surface area contributed by atoms with Crippen LogP contribution in [-0.4, -0.2) is 5.78 Å². The van der Waals surface area contributed by atoms with Crippen LogP contribution in [0.4, 0.5) is 0 Å². The summed E-state index contributed by atoms with van der Waals surface area (Å²) in [4.78, 5) is 11.5. The first kappa shape index (κ1) is 11.2. The highest BCUT2D eigenvalue weighted by molar-refractivity contribution is 6.31. The van der Waals surface area contributed by atoms with Crippen molar-refractivity contribution in [1.29, 1.82) is 0 Å². The molecule has 1 aliphatic rings. The Labute approximate surface area is 100 Å². The van der Waals surface area contributed by atoms with Crippen LogP contribution >= 0.6 is 11.6 Å². The minimum absolute atomic E-state index is 0.0892. The van der Waals surface area contributed by atoms with E-state index in [0.717, 1.165) is 22.6 Å². The molecule has 1 aromatic rings. The van der Waals surface area contributed by atoms with Crippen molar-refractivity contribution in [3.05, 3.63) is 46.1 Å². The molecule has 0 aliphatic heterocycles. The normalized spacial score (nSPS) is 20.8. The summed E-state index contributed by atoms with van der Waals surface area (Å²) >= 11 is 6.15. The molecular formula is C13H14ClNO. The fourth-order valence-corrected chi connectivity index (χ4v) is 2.39. The minimum atomic E-state index is 0.0892. The number of benzene rings is 1. The lowest BCUT2D eigenvalue weighted by Crippen LogP contribution is -2.17. The molecule has 0 fully saturated rings. The number of allylic oxidation sites excluding steroid dienone is 2. The first-order valence-corrected chi connectivity index (χ1v) is 5.69. The van der Waals surface area contributed by atoms with Crippen LogP contribution in [0.25, 0.3) is 0 Å². The van der Waals surface area contributed by atoms with E-state index in [4.69, 9.17) is 17.3 Å². The van der Waals surface area contributed by atoms with Gasteiger partial charge in [-0.1, -0.05) is 29.3 Å². The van der Waals surface area contributed by atoms with Gasteiger partial charge in [0.05, 0.1) is 0 Å². The maximum Gasteiger partial charge on any atom is 0.158 e. The number of rotatable bonds is 1. The number of carbonyl (C=O) groups is 1. The lowest BCUT2D eigenvalue weighted by Gasteiger charge is -2.21. The summed E-state index contributed by atoms with van der Waals surface area (Å²) < 4.78 is 0. The number of halogens is 1. The number of aryl methyl sites for hydroxylation is 1. The lowest BCUT2D eigenvalue weighted by atomic mass is 9.85. The molecule has 2 nitrogen and oxygen atoms in total. The summed E-state index contributed by atoms with van der Waals surface area (Å²) in [6, 6.07) is 5.89. The zero-order valence-electron chi connectivity index (χ0n) is 9.16. The van der Waals surface area contributed by atoms with Crippen molar-refractivity contribution >= 4 is 17.4 Å². The van der Waals surface area contributed by atoms with Gasteiger partial charge in [0, 0.05) is 17.1 Å². The summed E-state index contributed by atoms with van der Waals surface area (Å²) in [6.07, 6.45) is 2.75. The van der Waals surface area contributed by atoms with Crippen LogP contribution in [0, 0.1) is 6.92 Å². The Morgan fingerprint density at radius 1 is 1.38 bits per heavy atom. The summed E-state index contributed by atoms with van der Waals surface area (Å²) in [6.45, 7) is 2.02. The second-order valence-electron chi connectivity index (χ2n) is 4.32. The molecule has 0 radical (unpaired) electrons. The Morgan fingerprint density at radius 2 is 2.12 bits per heavy atom. The van der Waals surface area contributed by atoms with Crippen LogP contribution in [0.2, 0.25) is 5.02 Å². The molecule has 16 heavy (non-hydrogen) atoms. The molecule has 1 unspecified atom stereocenters. The van der Waals surface area contributed by atoms with Gasteiger partial charge in [0.2, 0.25) is 0 Å². The molecule has 1 aromatic carbocycles. The van der Waals surface area contributed by atoms with Crippen LogP contribution in [0.3, 0.4) is 0 Å². The van der Waals surface area contributed by atoms with E-state index in [1.54, 1.807) is 0 Å². The monoisotopic (exact) mass is 235 g/mol. The highest BCUT2D eigenvalue weighted by atomic mass is 35.5. The molecule has 2 rings (SSSR count). The fraction of sp³-hybridized carbons (Fsp3) is 0.308. The first-order valence-electron chi connectivity index (χ1n) is 5.31. The topological polar surface area (TPSA) is 43.1 Å². The predicted octanol–water partition coefficient (Wildman–Crippen LogP) is 2.94. The Morgan fingerprint density at radius 3 is 2.81 bits per heavy atom. The van der Waals surface area contributed by atoms with Crippen molar-refractivity contribution in [1.82, 2.24) is 0 Å². The van der Waals surface area contributed by atoms with Gasteiger partial charge in [-0.15, -0.1) is 0 Å². The summed E-state index contributed by atoms with van der Waals surface area (Å²) in [5, 5.41) is 0.720. The third-order valence-electron chi connectivity index (χ3n) is 2.87. The Balaban J connectivity index is 2.35. The molecule has 0 aromatic heterocycles. The van der Waals surface area contributed by atoms with E-state index in [2.05, 4.69) is 0 Å². The molecule has 84 valence electrons. The molecule has 0 saturated carbocycles. The maximum absolute atomic E-state index is 11.5. The average molecular weight is 236 g/mol. The van der Waals surface area contributed by atoms with Crippen LogP contribution in [0.5, 0.6) is 0 Å². The van der Waals surface area contributed by atoms with E-state index in [-0.39, 0.29) is 11.7 Å². The zero-order valence-corrected chi connectivity index (χ0v) is 9.92. The Hall–Kier alpha value is -1.28. The molecule has 0 saturated heterocycles. The second-order valence-corrected chi connectivity index (χ2v) is 4.72. The summed E-state index contributed by atoms with van der Waals surface area (Å²) in [7, 11) is 0. The van der Waals surface area contributed by atoms with E-state index in [9.17, 15) is 4.79 Å². The van der Waals surface area contributed by atoms with Gasteiger partial charge in [-0.25, -0.2) is 0 Å². The smallest absolute Gasteiger partial charge is 0.158 e. The molecule has 1 aliphatic carbocycles. The van der Waals surface area contributed by atoms with Gasteiger partial charge < -0.3 is 5.73 Å². The number of nitrogens with two attached hydrogens (primary N) is 1.